The van der Waals surface area contributed by atoms with E-state index in [2.05, 4.69) is 5.10 Å². The fraction of sp³-hybridized carbons (Fsp3) is 0.250. The lowest BCUT2D eigenvalue weighted by atomic mass is 10.1. The minimum Gasteiger partial charge on any atom is -0.493 e. The van der Waals surface area contributed by atoms with E-state index in [0.717, 1.165) is 28.2 Å². The zero-order chi connectivity index (χ0) is 18.7. The maximum Gasteiger partial charge on any atom is 0.203 e. The summed E-state index contributed by atoms with van der Waals surface area (Å²) in [6, 6.07) is 13.9. The summed E-state index contributed by atoms with van der Waals surface area (Å²) in [5.74, 6) is 1.77. The number of ether oxygens (including phenoxy) is 3. The van der Waals surface area contributed by atoms with Crippen LogP contribution in [0.1, 0.15) is 11.3 Å². The highest BCUT2D eigenvalue weighted by molar-refractivity contribution is 5.70. The van der Waals surface area contributed by atoms with Crippen LogP contribution in [-0.4, -0.2) is 31.1 Å². The lowest BCUT2D eigenvalue weighted by molar-refractivity contribution is 0.324. The van der Waals surface area contributed by atoms with Gasteiger partial charge in [0.15, 0.2) is 11.5 Å². The molecule has 0 bridgehead atoms. The molecule has 0 aliphatic carbocycles. The molecule has 3 aromatic rings. The zero-order valence-corrected chi connectivity index (χ0v) is 15.4. The van der Waals surface area contributed by atoms with E-state index in [-0.39, 0.29) is 0 Å². The van der Waals surface area contributed by atoms with Crippen LogP contribution >= 0.6 is 0 Å². The van der Waals surface area contributed by atoms with E-state index in [1.54, 1.807) is 21.3 Å². The van der Waals surface area contributed by atoms with E-state index >= 15 is 0 Å². The second kappa shape index (κ2) is 7.49. The topological polar surface area (TPSA) is 71.5 Å². The Hall–Kier alpha value is -2.99. The number of benzene rings is 2. The molecule has 1 aromatic heterocycles. The molecule has 0 radical (unpaired) electrons. The molecule has 0 fully saturated rings. The molecular formula is C20H23N3O3. The van der Waals surface area contributed by atoms with Crippen LogP contribution in [-0.2, 0) is 6.54 Å². The number of hydrogen-bond acceptors (Lipinski definition) is 5. The van der Waals surface area contributed by atoms with Gasteiger partial charge in [-0.05, 0) is 42.8 Å². The van der Waals surface area contributed by atoms with Crippen molar-refractivity contribution in [3.63, 3.8) is 0 Å². The van der Waals surface area contributed by atoms with Gasteiger partial charge in [0.05, 0.1) is 38.4 Å². The monoisotopic (exact) mass is 353 g/mol. The molecule has 0 spiro atoms. The minimum absolute atomic E-state index is 0.512. The number of nitrogens with zero attached hydrogens (tertiary/aromatic N) is 2. The first-order valence-corrected chi connectivity index (χ1v) is 8.27. The predicted octanol–water partition coefficient (Wildman–Crippen LogP) is 3.33. The van der Waals surface area contributed by atoms with Gasteiger partial charge in [-0.3, -0.25) is 0 Å². The molecule has 6 nitrogen and oxygen atoms in total. The largest absolute Gasteiger partial charge is 0.493 e. The second-order valence-corrected chi connectivity index (χ2v) is 5.87. The van der Waals surface area contributed by atoms with Gasteiger partial charge in [0.1, 0.15) is 0 Å². The Morgan fingerprint density at radius 1 is 0.923 bits per heavy atom. The van der Waals surface area contributed by atoms with Gasteiger partial charge in [0.2, 0.25) is 5.75 Å². The molecular weight excluding hydrogens is 330 g/mol. The van der Waals surface area contributed by atoms with E-state index in [9.17, 15) is 0 Å². The molecule has 6 heteroatoms. The summed E-state index contributed by atoms with van der Waals surface area (Å²) >= 11 is 0. The van der Waals surface area contributed by atoms with Crippen LogP contribution < -0.4 is 19.9 Å². The van der Waals surface area contributed by atoms with Gasteiger partial charge in [-0.15, -0.1) is 0 Å². The Kier molecular flexibility index (Phi) is 5.14. The summed E-state index contributed by atoms with van der Waals surface area (Å²) in [5, 5.41) is 4.64. The number of methoxy groups -OCH3 is 3. The molecule has 136 valence electrons. The third kappa shape index (κ3) is 3.23. The number of aryl methyl sites for hydroxylation is 1. The molecule has 3 rings (SSSR count). The molecule has 0 saturated carbocycles. The molecule has 0 atom stereocenters. The van der Waals surface area contributed by atoms with Crippen molar-refractivity contribution in [1.29, 1.82) is 0 Å². The smallest absolute Gasteiger partial charge is 0.203 e. The SMILES string of the molecule is COc1cc(-c2cc(C)nn2-c2ccc(CN)cc2)cc(OC)c1OC. The normalized spacial score (nSPS) is 10.7. The van der Waals surface area contributed by atoms with Gasteiger partial charge >= 0.3 is 0 Å². The molecule has 2 N–H and O–H groups in total. The van der Waals surface area contributed by atoms with Crippen LogP contribution in [0.4, 0.5) is 0 Å². The Morgan fingerprint density at radius 2 is 1.54 bits per heavy atom. The van der Waals surface area contributed by atoms with Crippen molar-refractivity contribution in [2.45, 2.75) is 13.5 Å². The van der Waals surface area contributed by atoms with Gasteiger partial charge in [-0.1, -0.05) is 12.1 Å². The molecule has 0 amide bonds. The van der Waals surface area contributed by atoms with E-state index in [1.165, 1.54) is 0 Å². The van der Waals surface area contributed by atoms with Crippen molar-refractivity contribution in [3.05, 3.63) is 53.7 Å². The van der Waals surface area contributed by atoms with Crippen molar-refractivity contribution < 1.29 is 14.2 Å². The fourth-order valence-electron chi connectivity index (χ4n) is 2.90. The highest BCUT2D eigenvalue weighted by Gasteiger charge is 2.17. The van der Waals surface area contributed by atoms with Gasteiger partial charge in [0, 0.05) is 12.1 Å². The van der Waals surface area contributed by atoms with Crippen LogP contribution in [0.5, 0.6) is 17.2 Å². The van der Waals surface area contributed by atoms with Crippen LogP contribution in [0.2, 0.25) is 0 Å². The Balaban J connectivity index is 2.15. The number of aromatic nitrogens is 2. The van der Waals surface area contributed by atoms with Gasteiger partial charge in [-0.25, -0.2) is 4.68 Å². The lowest BCUT2D eigenvalue weighted by Gasteiger charge is -2.15. The van der Waals surface area contributed by atoms with E-state index in [0.29, 0.717) is 23.8 Å². The third-order valence-electron chi connectivity index (χ3n) is 4.21. The van der Waals surface area contributed by atoms with Crippen LogP contribution in [0.15, 0.2) is 42.5 Å². The zero-order valence-electron chi connectivity index (χ0n) is 15.4. The van der Waals surface area contributed by atoms with Crippen molar-refractivity contribution in [1.82, 2.24) is 9.78 Å². The summed E-state index contributed by atoms with van der Waals surface area (Å²) in [6.45, 7) is 2.48. The maximum absolute atomic E-state index is 5.69. The molecule has 26 heavy (non-hydrogen) atoms. The highest BCUT2D eigenvalue weighted by Crippen LogP contribution is 2.41. The summed E-state index contributed by atoms with van der Waals surface area (Å²) in [5.41, 5.74) is 10.5. The standard InChI is InChI=1S/C20H23N3O3/c1-13-9-17(23(22-13)16-7-5-14(12-21)6-8-16)15-10-18(24-2)20(26-4)19(11-15)25-3/h5-11H,12,21H2,1-4H3. The van der Waals surface area contributed by atoms with E-state index < -0.39 is 0 Å². The van der Waals surface area contributed by atoms with Crippen molar-refractivity contribution >= 4 is 0 Å². The summed E-state index contributed by atoms with van der Waals surface area (Å²) < 4.78 is 18.3. The molecule has 0 unspecified atom stereocenters. The summed E-state index contributed by atoms with van der Waals surface area (Å²) in [7, 11) is 4.80. The van der Waals surface area contributed by atoms with E-state index in [4.69, 9.17) is 19.9 Å². The number of hydrogen-bond donors (Lipinski definition) is 1. The third-order valence-corrected chi connectivity index (χ3v) is 4.21. The minimum atomic E-state index is 0.512. The average Bonchev–Trinajstić information content (AvgIpc) is 3.08. The van der Waals surface area contributed by atoms with Crippen LogP contribution in [0.25, 0.3) is 16.9 Å². The first-order chi connectivity index (χ1) is 12.6. The molecule has 0 aliphatic rings. The fourth-order valence-corrected chi connectivity index (χ4v) is 2.90. The van der Waals surface area contributed by atoms with Crippen molar-refractivity contribution in [2.24, 2.45) is 5.73 Å². The molecule has 2 aromatic carbocycles. The first-order valence-electron chi connectivity index (χ1n) is 8.27. The summed E-state index contributed by atoms with van der Waals surface area (Å²) in [4.78, 5) is 0. The Morgan fingerprint density at radius 3 is 2.04 bits per heavy atom. The summed E-state index contributed by atoms with van der Waals surface area (Å²) in [6.07, 6.45) is 0. The number of rotatable bonds is 6. The van der Waals surface area contributed by atoms with Crippen molar-refractivity contribution in [2.75, 3.05) is 21.3 Å². The van der Waals surface area contributed by atoms with Crippen molar-refractivity contribution in [3.8, 4) is 34.2 Å². The molecule has 1 heterocycles. The predicted molar refractivity (Wildman–Crippen MR) is 101 cm³/mol. The van der Waals surface area contributed by atoms with Crippen LogP contribution in [0, 0.1) is 6.92 Å². The van der Waals surface area contributed by atoms with Gasteiger partial charge in [-0.2, -0.15) is 5.10 Å². The Bertz CT molecular complexity index is 876. The maximum atomic E-state index is 5.69. The average molecular weight is 353 g/mol. The van der Waals surface area contributed by atoms with Gasteiger partial charge in [0.25, 0.3) is 0 Å². The van der Waals surface area contributed by atoms with Gasteiger partial charge < -0.3 is 19.9 Å². The van der Waals surface area contributed by atoms with Crippen LogP contribution in [0.3, 0.4) is 0 Å². The highest BCUT2D eigenvalue weighted by atomic mass is 16.5. The molecule has 0 aliphatic heterocycles. The Labute approximate surface area is 153 Å². The quantitative estimate of drug-likeness (QED) is 0.736. The first kappa shape index (κ1) is 17.8. The lowest BCUT2D eigenvalue weighted by Crippen LogP contribution is -2.02. The molecule has 0 saturated heterocycles. The van der Waals surface area contributed by atoms with E-state index in [1.807, 2.05) is 54.1 Å². The number of nitrogens with two attached hydrogens (primary N) is 1. The second-order valence-electron chi connectivity index (χ2n) is 5.87.